The minimum Gasteiger partial charge on any atom is -0.464 e. The number of thiazole rings is 1. The molecular weight excluding hydrogens is 286 g/mol. The lowest BCUT2D eigenvalue weighted by Gasteiger charge is -2.15. The second-order valence-corrected chi connectivity index (χ2v) is 5.97. The summed E-state index contributed by atoms with van der Waals surface area (Å²) >= 11 is 1.38. The third-order valence-electron chi connectivity index (χ3n) is 3.19. The zero-order valence-electron chi connectivity index (χ0n) is 11.8. The average Bonchev–Trinajstić information content (AvgIpc) is 3.01. The van der Waals surface area contributed by atoms with Crippen molar-refractivity contribution < 1.29 is 9.21 Å². The fourth-order valence-corrected chi connectivity index (χ4v) is 2.94. The van der Waals surface area contributed by atoms with E-state index in [2.05, 4.69) is 4.98 Å². The SMILES string of the molecule is Cc1ccc(CN(C)C(=O)c2ccc3nc(N)sc3c2)o1. The maximum atomic E-state index is 12.4. The minimum atomic E-state index is -0.0575. The molecule has 0 aliphatic carbocycles. The molecule has 1 aromatic carbocycles. The summed E-state index contributed by atoms with van der Waals surface area (Å²) in [4.78, 5) is 18.3. The number of anilines is 1. The molecule has 1 amide bonds. The molecule has 0 saturated heterocycles. The molecule has 6 heteroatoms. The van der Waals surface area contributed by atoms with E-state index in [1.165, 1.54) is 11.3 Å². The fraction of sp³-hybridized carbons (Fsp3) is 0.200. The molecule has 0 saturated carbocycles. The van der Waals surface area contributed by atoms with Crippen LogP contribution in [0.5, 0.6) is 0 Å². The van der Waals surface area contributed by atoms with Gasteiger partial charge in [0.05, 0.1) is 16.8 Å². The minimum absolute atomic E-state index is 0.0575. The van der Waals surface area contributed by atoms with Crippen molar-refractivity contribution in [1.82, 2.24) is 9.88 Å². The molecule has 2 N–H and O–H groups in total. The highest BCUT2D eigenvalue weighted by molar-refractivity contribution is 7.22. The molecule has 0 unspecified atom stereocenters. The predicted molar refractivity (Wildman–Crippen MR) is 83.3 cm³/mol. The first-order valence-corrected chi connectivity index (χ1v) is 7.31. The van der Waals surface area contributed by atoms with Gasteiger partial charge in [-0.05, 0) is 37.3 Å². The Bertz CT molecular complexity index is 806. The van der Waals surface area contributed by atoms with Crippen molar-refractivity contribution in [3.05, 3.63) is 47.4 Å². The number of carbonyl (C=O) groups excluding carboxylic acids is 1. The van der Waals surface area contributed by atoms with Crippen LogP contribution in [-0.4, -0.2) is 22.8 Å². The Kier molecular flexibility index (Phi) is 3.39. The Labute approximate surface area is 126 Å². The van der Waals surface area contributed by atoms with Gasteiger partial charge in [-0.15, -0.1) is 0 Å². The van der Waals surface area contributed by atoms with E-state index in [-0.39, 0.29) is 5.91 Å². The van der Waals surface area contributed by atoms with Gasteiger partial charge in [0.1, 0.15) is 11.5 Å². The Morgan fingerprint density at radius 3 is 2.90 bits per heavy atom. The van der Waals surface area contributed by atoms with E-state index in [1.807, 2.05) is 31.2 Å². The van der Waals surface area contributed by atoms with Crippen LogP contribution < -0.4 is 5.73 Å². The van der Waals surface area contributed by atoms with Gasteiger partial charge < -0.3 is 15.1 Å². The average molecular weight is 301 g/mol. The van der Waals surface area contributed by atoms with Crippen molar-refractivity contribution in [3.8, 4) is 0 Å². The summed E-state index contributed by atoms with van der Waals surface area (Å²) in [5.74, 6) is 1.55. The monoisotopic (exact) mass is 301 g/mol. The van der Waals surface area contributed by atoms with E-state index in [0.717, 1.165) is 21.7 Å². The van der Waals surface area contributed by atoms with Gasteiger partial charge in [-0.2, -0.15) is 0 Å². The molecule has 3 aromatic rings. The highest BCUT2D eigenvalue weighted by Crippen LogP contribution is 2.25. The number of nitrogen functional groups attached to an aromatic ring is 1. The highest BCUT2D eigenvalue weighted by Gasteiger charge is 2.15. The first-order valence-electron chi connectivity index (χ1n) is 6.50. The molecule has 0 aliphatic rings. The van der Waals surface area contributed by atoms with Gasteiger partial charge in [-0.3, -0.25) is 4.79 Å². The molecule has 0 fully saturated rings. The van der Waals surface area contributed by atoms with Crippen LogP contribution in [0.1, 0.15) is 21.9 Å². The Hall–Kier alpha value is -2.34. The summed E-state index contributed by atoms with van der Waals surface area (Å²) in [6.07, 6.45) is 0. The molecule has 3 rings (SSSR count). The number of nitrogens with two attached hydrogens (primary N) is 1. The number of aryl methyl sites for hydroxylation is 1. The normalized spacial score (nSPS) is 11.0. The van der Waals surface area contributed by atoms with Crippen molar-refractivity contribution in [2.24, 2.45) is 0 Å². The quantitative estimate of drug-likeness (QED) is 0.807. The van der Waals surface area contributed by atoms with Gasteiger partial charge in [0.25, 0.3) is 5.91 Å². The van der Waals surface area contributed by atoms with Gasteiger partial charge in [0, 0.05) is 12.6 Å². The molecule has 0 spiro atoms. The molecule has 0 atom stereocenters. The van der Waals surface area contributed by atoms with E-state index >= 15 is 0 Å². The zero-order valence-corrected chi connectivity index (χ0v) is 12.6. The Morgan fingerprint density at radius 2 is 2.19 bits per heavy atom. The van der Waals surface area contributed by atoms with E-state index in [4.69, 9.17) is 10.2 Å². The second kappa shape index (κ2) is 5.21. The van der Waals surface area contributed by atoms with Gasteiger partial charge >= 0.3 is 0 Å². The second-order valence-electron chi connectivity index (χ2n) is 4.91. The van der Waals surface area contributed by atoms with Crippen LogP contribution in [-0.2, 0) is 6.54 Å². The number of carbonyl (C=O) groups is 1. The van der Waals surface area contributed by atoms with Crippen molar-refractivity contribution in [1.29, 1.82) is 0 Å². The van der Waals surface area contributed by atoms with E-state index in [0.29, 0.717) is 17.2 Å². The van der Waals surface area contributed by atoms with Gasteiger partial charge in [0.15, 0.2) is 5.13 Å². The van der Waals surface area contributed by atoms with Crippen molar-refractivity contribution in [2.45, 2.75) is 13.5 Å². The molecule has 21 heavy (non-hydrogen) atoms. The van der Waals surface area contributed by atoms with E-state index in [1.54, 1.807) is 18.0 Å². The van der Waals surface area contributed by atoms with Crippen LogP contribution >= 0.6 is 11.3 Å². The number of amides is 1. The van der Waals surface area contributed by atoms with Gasteiger partial charge in [0.2, 0.25) is 0 Å². The number of nitrogens with zero attached hydrogens (tertiary/aromatic N) is 2. The summed E-state index contributed by atoms with van der Waals surface area (Å²) in [6, 6.07) is 9.19. The number of fused-ring (bicyclic) bond motifs is 1. The van der Waals surface area contributed by atoms with Crippen LogP contribution in [0.3, 0.4) is 0 Å². The number of benzene rings is 1. The van der Waals surface area contributed by atoms with E-state index < -0.39 is 0 Å². The van der Waals surface area contributed by atoms with Crippen LogP contribution in [0.2, 0.25) is 0 Å². The molecule has 2 heterocycles. The lowest BCUT2D eigenvalue weighted by molar-refractivity contribution is 0.0775. The standard InChI is InChI=1S/C15H15N3O2S/c1-9-3-5-11(20-9)8-18(2)14(19)10-4-6-12-13(7-10)21-15(16)17-12/h3-7H,8H2,1-2H3,(H2,16,17). The lowest BCUT2D eigenvalue weighted by atomic mass is 10.2. The van der Waals surface area contributed by atoms with E-state index in [9.17, 15) is 4.79 Å². The Morgan fingerprint density at radius 1 is 1.38 bits per heavy atom. The summed E-state index contributed by atoms with van der Waals surface area (Å²) in [6.45, 7) is 2.32. The van der Waals surface area contributed by atoms with Crippen LogP contribution in [0.15, 0.2) is 34.7 Å². The number of aromatic nitrogens is 1. The molecular formula is C15H15N3O2S. The van der Waals surface area contributed by atoms with Crippen LogP contribution in [0.25, 0.3) is 10.2 Å². The van der Waals surface area contributed by atoms with Crippen molar-refractivity contribution in [3.63, 3.8) is 0 Å². The topological polar surface area (TPSA) is 72.4 Å². The van der Waals surface area contributed by atoms with Crippen molar-refractivity contribution >= 4 is 32.6 Å². The summed E-state index contributed by atoms with van der Waals surface area (Å²) < 4.78 is 6.41. The number of rotatable bonds is 3. The van der Waals surface area contributed by atoms with Crippen LogP contribution in [0, 0.1) is 6.92 Å². The molecule has 108 valence electrons. The highest BCUT2D eigenvalue weighted by atomic mass is 32.1. The maximum absolute atomic E-state index is 12.4. The lowest BCUT2D eigenvalue weighted by Crippen LogP contribution is -2.25. The number of furan rings is 1. The van der Waals surface area contributed by atoms with Crippen molar-refractivity contribution in [2.75, 3.05) is 12.8 Å². The van der Waals surface area contributed by atoms with Gasteiger partial charge in [-0.1, -0.05) is 11.3 Å². The first-order chi connectivity index (χ1) is 10.0. The smallest absolute Gasteiger partial charge is 0.254 e. The molecule has 2 aromatic heterocycles. The fourth-order valence-electron chi connectivity index (χ4n) is 2.17. The Balaban J connectivity index is 1.81. The van der Waals surface area contributed by atoms with Gasteiger partial charge in [-0.25, -0.2) is 4.98 Å². The number of hydrogen-bond acceptors (Lipinski definition) is 5. The third-order valence-corrected chi connectivity index (χ3v) is 4.03. The zero-order chi connectivity index (χ0) is 15.0. The predicted octanol–water partition coefficient (Wildman–Crippen LogP) is 3.05. The molecule has 0 aliphatic heterocycles. The summed E-state index contributed by atoms with van der Waals surface area (Å²) in [7, 11) is 1.76. The molecule has 0 bridgehead atoms. The molecule has 0 radical (unpaired) electrons. The largest absolute Gasteiger partial charge is 0.464 e. The number of hydrogen-bond donors (Lipinski definition) is 1. The first kappa shape index (κ1) is 13.6. The maximum Gasteiger partial charge on any atom is 0.254 e. The summed E-state index contributed by atoms with van der Waals surface area (Å²) in [5, 5.41) is 0.508. The third kappa shape index (κ3) is 2.75. The van der Waals surface area contributed by atoms with Crippen LogP contribution in [0.4, 0.5) is 5.13 Å². The molecule has 5 nitrogen and oxygen atoms in total. The summed E-state index contributed by atoms with van der Waals surface area (Å²) in [5.41, 5.74) is 7.12.